The van der Waals surface area contributed by atoms with Gasteiger partial charge in [-0.25, -0.2) is 0 Å². The first kappa shape index (κ1) is 15.0. The normalized spacial score (nSPS) is 30.2. The highest BCUT2D eigenvalue weighted by Crippen LogP contribution is 2.35. The molecule has 1 rings (SSSR count). The monoisotopic (exact) mass is 241 g/mol. The molecule has 2 heteroatoms. The number of rotatable bonds is 6. The molecule has 0 aromatic heterocycles. The Labute approximate surface area is 108 Å². The lowest BCUT2D eigenvalue weighted by Gasteiger charge is -2.38. The first-order chi connectivity index (χ1) is 8.08. The van der Waals surface area contributed by atoms with Crippen molar-refractivity contribution in [1.82, 2.24) is 4.90 Å². The molecule has 0 saturated heterocycles. The molecule has 17 heavy (non-hydrogen) atoms. The second-order valence-electron chi connectivity index (χ2n) is 5.96. The summed E-state index contributed by atoms with van der Waals surface area (Å²) in [6.07, 6.45) is 4.47. The maximum Gasteiger partial charge on any atom is 0.0993 e. The lowest BCUT2D eigenvalue weighted by Crippen LogP contribution is -2.37. The molecule has 2 nitrogen and oxygen atoms in total. The highest BCUT2D eigenvalue weighted by Gasteiger charge is 2.31. The average Bonchev–Trinajstić information content (AvgIpc) is 2.30. The van der Waals surface area contributed by atoms with E-state index in [4.69, 9.17) is 4.74 Å². The summed E-state index contributed by atoms with van der Waals surface area (Å²) >= 11 is 0. The molecule has 0 aromatic carbocycles. The van der Waals surface area contributed by atoms with E-state index < -0.39 is 0 Å². The number of nitrogens with zero attached hydrogens (tertiary/aromatic N) is 1. The summed E-state index contributed by atoms with van der Waals surface area (Å²) in [7, 11) is 0. The first-order valence-electron chi connectivity index (χ1n) is 7.42. The van der Waals surface area contributed by atoms with Gasteiger partial charge < -0.3 is 4.74 Å². The van der Waals surface area contributed by atoms with Gasteiger partial charge in [-0.1, -0.05) is 41.0 Å². The molecule has 1 saturated carbocycles. The van der Waals surface area contributed by atoms with E-state index in [0.717, 1.165) is 37.6 Å². The largest absolute Gasteiger partial charge is 0.363 e. The molecule has 0 bridgehead atoms. The number of ether oxygens (including phenoxy) is 1. The fraction of sp³-hybridized carbons (Fsp3) is 1.00. The SMILES string of the molecule is CCN(CC)COC1CC(C)CCC1C(C)C. The van der Waals surface area contributed by atoms with Crippen molar-refractivity contribution in [2.45, 2.75) is 60.0 Å². The summed E-state index contributed by atoms with van der Waals surface area (Å²) in [6.45, 7) is 14.4. The summed E-state index contributed by atoms with van der Waals surface area (Å²) in [5.74, 6) is 2.36. The third-order valence-electron chi connectivity index (χ3n) is 4.33. The van der Waals surface area contributed by atoms with Crippen molar-refractivity contribution in [3.8, 4) is 0 Å². The lowest BCUT2D eigenvalue weighted by atomic mass is 9.75. The van der Waals surface area contributed by atoms with Gasteiger partial charge in [0.15, 0.2) is 0 Å². The molecule has 1 fully saturated rings. The Bertz CT molecular complexity index is 201. The number of hydrogen-bond acceptors (Lipinski definition) is 2. The fourth-order valence-corrected chi connectivity index (χ4v) is 2.91. The van der Waals surface area contributed by atoms with Crippen LogP contribution in [0.3, 0.4) is 0 Å². The predicted octanol–water partition coefficient (Wildman–Crippen LogP) is 3.76. The van der Waals surface area contributed by atoms with Crippen LogP contribution in [0.15, 0.2) is 0 Å². The van der Waals surface area contributed by atoms with Gasteiger partial charge in [-0.2, -0.15) is 0 Å². The zero-order chi connectivity index (χ0) is 12.8. The van der Waals surface area contributed by atoms with Crippen LogP contribution in [0.2, 0.25) is 0 Å². The topological polar surface area (TPSA) is 12.5 Å². The van der Waals surface area contributed by atoms with Crippen LogP contribution in [0.4, 0.5) is 0 Å². The van der Waals surface area contributed by atoms with E-state index in [1.807, 2.05) is 0 Å². The van der Waals surface area contributed by atoms with E-state index in [1.165, 1.54) is 19.3 Å². The second kappa shape index (κ2) is 7.38. The number of hydrogen-bond donors (Lipinski definition) is 0. The van der Waals surface area contributed by atoms with Crippen LogP contribution in [-0.2, 0) is 4.74 Å². The summed E-state index contributed by atoms with van der Waals surface area (Å²) in [6, 6.07) is 0. The molecule has 0 aliphatic heterocycles. The van der Waals surface area contributed by atoms with Crippen molar-refractivity contribution in [2.24, 2.45) is 17.8 Å². The van der Waals surface area contributed by atoms with Crippen LogP contribution in [0.25, 0.3) is 0 Å². The minimum absolute atomic E-state index is 0.486. The Hall–Kier alpha value is -0.0800. The molecule has 0 radical (unpaired) electrons. The van der Waals surface area contributed by atoms with Gasteiger partial charge in [0, 0.05) is 0 Å². The molecular formula is C15H31NO. The van der Waals surface area contributed by atoms with E-state index in [1.54, 1.807) is 0 Å². The van der Waals surface area contributed by atoms with Gasteiger partial charge in [0.2, 0.25) is 0 Å². The highest BCUT2D eigenvalue weighted by atomic mass is 16.5. The van der Waals surface area contributed by atoms with Crippen molar-refractivity contribution in [2.75, 3.05) is 19.8 Å². The van der Waals surface area contributed by atoms with Crippen LogP contribution >= 0.6 is 0 Å². The third kappa shape index (κ3) is 4.59. The Morgan fingerprint density at radius 1 is 1.18 bits per heavy atom. The second-order valence-corrected chi connectivity index (χ2v) is 5.96. The van der Waals surface area contributed by atoms with E-state index in [2.05, 4.69) is 39.5 Å². The maximum absolute atomic E-state index is 6.20. The van der Waals surface area contributed by atoms with Gasteiger partial charge in [0.1, 0.15) is 0 Å². The Morgan fingerprint density at radius 3 is 2.35 bits per heavy atom. The molecule has 0 aromatic rings. The minimum atomic E-state index is 0.486. The van der Waals surface area contributed by atoms with Gasteiger partial charge in [-0.3, -0.25) is 4.90 Å². The van der Waals surface area contributed by atoms with Crippen molar-refractivity contribution in [3.63, 3.8) is 0 Å². The standard InChI is InChI=1S/C15H31NO/c1-6-16(7-2)11-17-15-10-13(5)8-9-14(15)12(3)4/h12-15H,6-11H2,1-5H3. The first-order valence-corrected chi connectivity index (χ1v) is 7.42. The van der Waals surface area contributed by atoms with E-state index in [0.29, 0.717) is 6.10 Å². The molecule has 3 atom stereocenters. The predicted molar refractivity (Wildman–Crippen MR) is 74.0 cm³/mol. The van der Waals surface area contributed by atoms with E-state index in [9.17, 15) is 0 Å². The molecule has 0 heterocycles. The van der Waals surface area contributed by atoms with E-state index in [-0.39, 0.29) is 0 Å². The zero-order valence-electron chi connectivity index (χ0n) is 12.4. The molecule has 102 valence electrons. The van der Waals surface area contributed by atoms with Crippen molar-refractivity contribution in [3.05, 3.63) is 0 Å². The van der Waals surface area contributed by atoms with Crippen LogP contribution < -0.4 is 0 Å². The van der Waals surface area contributed by atoms with Gasteiger partial charge in [0.25, 0.3) is 0 Å². The Balaban J connectivity index is 2.46. The Morgan fingerprint density at radius 2 is 1.82 bits per heavy atom. The van der Waals surface area contributed by atoms with Crippen LogP contribution in [0, 0.1) is 17.8 Å². The Kier molecular flexibility index (Phi) is 6.50. The summed E-state index contributed by atoms with van der Waals surface area (Å²) < 4.78 is 6.20. The molecule has 0 N–H and O–H groups in total. The lowest BCUT2D eigenvalue weighted by molar-refractivity contribution is -0.0793. The van der Waals surface area contributed by atoms with E-state index >= 15 is 0 Å². The zero-order valence-corrected chi connectivity index (χ0v) is 12.4. The molecule has 0 spiro atoms. The summed E-state index contributed by atoms with van der Waals surface area (Å²) in [4.78, 5) is 2.36. The fourth-order valence-electron chi connectivity index (χ4n) is 2.91. The van der Waals surface area contributed by atoms with Gasteiger partial charge in [0.05, 0.1) is 12.8 Å². The highest BCUT2D eigenvalue weighted by molar-refractivity contribution is 4.81. The molecular weight excluding hydrogens is 210 g/mol. The smallest absolute Gasteiger partial charge is 0.0993 e. The van der Waals surface area contributed by atoms with Crippen molar-refractivity contribution >= 4 is 0 Å². The molecule has 0 amide bonds. The van der Waals surface area contributed by atoms with Crippen LogP contribution in [0.1, 0.15) is 53.9 Å². The minimum Gasteiger partial charge on any atom is -0.363 e. The quantitative estimate of drug-likeness (QED) is 0.656. The molecule has 1 aliphatic rings. The molecule has 3 unspecified atom stereocenters. The van der Waals surface area contributed by atoms with Crippen LogP contribution in [0.5, 0.6) is 0 Å². The average molecular weight is 241 g/mol. The maximum atomic E-state index is 6.20. The van der Waals surface area contributed by atoms with Gasteiger partial charge >= 0.3 is 0 Å². The van der Waals surface area contributed by atoms with Gasteiger partial charge in [-0.05, 0) is 43.7 Å². The third-order valence-corrected chi connectivity index (χ3v) is 4.33. The molecule has 1 aliphatic carbocycles. The van der Waals surface area contributed by atoms with Gasteiger partial charge in [-0.15, -0.1) is 0 Å². The summed E-state index contributed by atoms with van der Waals surface area (Å²) in [5.41, 5.74) is 0. The summed E-state index contributed by atoms with van der Waals surface area (Å²) in [5, 5.41) is 0. The van der Waals surface area contributed by atoms with Crippen molar-refractivity contribution < 1.29 is 4.74 Å². The van der Waals surface area contributed by atoms with Crippen molar-refractivity contribution in [1.29, 1.82) is 0 Å². The van der Waals surface area contributed by atoms with Crippen LogP contribution in [-0.4, -0.2) is 30.8 Å².